The van der Waals surface area contributed by atoms with Crippen molar-refractivity contribution in [1.82, 2.24) is 0 Å². The van der Waals surface area contributed by atoms with E-state index in [0.717, 1.165) is 5.40 Å². The van der Waals surface area contributed by atoms with Gasteiger partial charge in [-0.1, -0.05) is 82.0 Å². The van der Waals surface area contributed by atoms with Gasteiger partial charge >= 0.3 is 0 Å². The highest BCUT2D eigenvalue weighted by Gasteiger charge is 2.27. The van der Waals surface area contributed by atoms with Crippen molar-refractivity contribution in [3.05, 3.63) is 0 Å². The number of hydrogen-bond donors (Lipinski definition) is 0. The lowest BCUT2D eigenvalue weighted by molar-refractivity contribution is 0.811. The number of hydrogen-bond acceptors (Lipinski definition) is 0. The summed E-state index contributed by atoms with van der Waals surface area (Å²) >= 11 is 0. The second-order valence-corrected chi connectivity index (χ2v) is 12.9. The minimum absolute atomic E-state index is 0.309. The van der Waals surface area contributed by atoms with Crippen molar-refractivity contribution >= 4 is 23.7 Å². The lowest BCUT2D eigenvalue weighted by atomic mass is 10.0. The summed E-state index contributed by atoms with van der Waals surface area (Å²) in [5.74, 6) is 0. The van der Waals surface area contributed by atoms with E-state index in [0.29, 0.717) is 15.8 Å². The Labute approximate surface area is 152 Å². The summed E-state index contributed by atoms with van der Waals surface area (Å²) in [6.07, 6.45) is 22.3. The first-order valence-electron chi connectivity index (χ1n) is 10.7. The van der Waals surface area contributed by atoms with Crippen LogP contribution < -0.4 is 0 Å². The Morgan fingerprint density at radius 2 is 0.957 bits per heavy atom. The molecule has 0 saturated heterocycles. The van der Waals surface area contributed by atoms with E-state index in [1.807, 2.05) is 0 Å². The molecule has 0 radical (unpaired) electrons. The molecule has 23 heavy (non-hydrogen) atoms. The molecule has 3 heteroatoms. The van der Waals surface area contributed by atoms with Crippen LogP contribution in [-0.2, 0) is 0 Å². The smallest absolute Gasteiger partial charge is 0.0991 e. The normalized spacial score (nSPS) is 12.0. The van der Waals surface area contributed by atoms with Crippen LogP contribution in [0.2, 0.25) is 6.32 Å². The number of unbranched alkanes of at least 4 members (excludes halogenated alkanes) is 4. The first-order chi connectivity index (χ1) is 11.2. The van der Waals surface area contributed by atoms with E-state index in [9.17, 15) is 0 Å². The molecular weight excluding hydrogens is 313 g/mol. The SMILES string of the molecule is BCCCC(P(CCCC)CCCC)P(CCCC)CCCC. The van der Waals surface area contributed by atoms with E-state index in [4.69, 9.17) is 0 Å². The van der Waals surface area contributed by atoms with Crippen molar-refractivity contribution in [2.24, 2.45) is 0 Å². The molecule has 0 unspecified atom stereocenters. The fraction of sp³-hybridized carbons (Fsp3) is 1.00. The molecule has 0 aliphatic carbocycles. The fourth-order valence-corrected chi connectivity index (χ4v) is 12.1. The van der Waals surface area contributed by atoms with Gasteiger partial charge in [-0.15, -0.1) is 0 Å². The van der Waals surface area contributed by atoms with Gasteiger partial charge in [-0.2, -0.15) is 0 Å². The molecular formula is C20H45BP2. The number of rotatable bonds is 17. The average molecular weight is 358 g/mol. The molecule has 138 valence electrons. The molecule has 0 saturated carbocycles. The Morgan fingerprint density at radius 1 is 0.609 bits per heavy atom. The molecule has 0 bridgehead atoms. The minimum Gasteiger partial charge on any atom is -0.0991 e. The maximum atomic E-state index is 2.39. The molecule has 0 aliphatic heterocycles. The van der Waals surface area contributed by atoms with Crippen LogP contribution in [0.25, 0.3) is 0 Å². The highest BCUT2D eigenvalue weighted by Crippen LogP contribution is 2.61. The molecule has 0 N–H and O–H groups in total. The Morgan fingerprint density at radius 3 is 1.22 bits per heavy atom. The fourth-order valence-electron chi connectivity index (χ4n) is 3.25. The summed E-state index contributed by atoms with van der Waals surface area (Å²) in [7, 11) is 3.00. The molecule has 0 rings (SSSR count). The maximum absolute atomic E-state index is 2.39. The highest BCUT2D eigenvalue weighted by atomic mass is 31.2. The van der Waals surface area contributed by atoms with Gasteiger partial charge in [-0.3, -0.25) is 0 Å². The standard InChI is InChI=1S/C20H45BP2/c1-5-9-16-22(17-10-6-2)20(14-13-15-21)23(18-11-7-3)19-12-8-4/h20H,5-19,21H2,1-4H3. The summed E-state index contributed by atoms with van der Waals surface area (Å²) in [6, 6.07) is 0. The van der Waals surface area contributed by atoms with Gasteiger partial charge in [0.05, 0.1) is 0 Å². The van der Waals surface area contributed by atoms with E-state index in [1.165, 1.54) is 64.1 Å². The molecule has 0 heterocycles. The van der Waals surface area contributed by atoms with Gasteiger partial charge in [0.25, 0.3) is 0 Å². The highest BCUT2D eigenvalue weighted by molar-refractivity contribution is 7.75. The van der Waals surface area contributed by atoms with Gasteiger partial charge in [0.1, 0.15) is 7.85 Å². The molecule has 0 aromatic carbocycles. The third-order valence-electron chi connectivity index (χ3n) is 4.85. The summed E-state index contributed by atoms with van der Waals surface area (Å²) in [4.78, 5) is 0. The van der Waals surface area contributed by atoms with Crippen molar-refractivity contribution in [1.29, 1.82) is 0 Å². The van der Waals surface area contributed by atoms with E-state index in [2.05, 4.69) is 35.5 Å². The average Bonchev–Trinajstić information content (AvgIpc) is 2.57. The van der Waals surface area contributed by atoms with Crippen molar-refractivity contribution in [3.63, 3.8) is 0 Å². The first kappa shape index (κ1) is 23.9. The van der Waals surface area contributed by atoms with Gasteiger partial charge in [-0.25, -0.2) is 0 Å². The van der Waals surface area contributed by atoms with Gasteiger partial charge in [-0.05, 0) is 62.2 Å². The summed E-state index contributed by atoms with van der Waals surface area (Å²) in [5, 5.41) is 1.15. The van der Waals surface area contributed by atoms with Crippen LogP contribution in [0, 0.1) is 0 Å². The minimum atomic E-state index is 0.309. The third kappa shape index (κ3) is 12.0. The van der Waals surface area contributed by atoms with Crippen molar-refractivity contribution in [2.75, 3.05) is 24.6 Å². The van der Waals surface area contributed by atoms with Crippen LogP contribution in [0.5, 0.6) is 0 Å². The third-order valence-corrected chi connectivity index (χ3v) is 12.6. The molecule has 0 amide bonds. The van der Waals surface area contributed by atoms with Gasteiger partial charge in [0.15, 0.2) is 0 Å². The molecule has 0 atom stereocenters. The predicted molar refractivity (Wildman–Crippen MR) is 119 cm³/mol. The largest absolute Gasteiger partial charge is 0.101 e. The summed E-state index contributed by atoms with van der Waals surface area (Å²) in [5.41, 5.74) is 0. The monoisotopic (exact) mass is 358 g/mol. The van der Waals surface area contributed by atoms with Gasteiger partial charge in [0.2, 0.25) is 0 Å². The molecule has 0 fully saturated rings. The Hall–Kier alpha value is 0.925. The molecule has 0 nitrogen and oxygen atoms in total. The van der Waals surface area contributed by atoms with Crippen LogP contribution in [0.4, 0.5) is 0 Å². The van der Waals surface area contributed by atoms with Crippen LogP contribution >= 0.6 is 15.8 Å². The topological polar surface area (TPSA) is 0 Å². The second-order valence-electron chi connectivity index (χ2n) is 7.11. The van der Waals surface area contributed by atoms with Crippen molar-refractivity contribution < 1.29 is 0 Å². The summed E-state index contributed by atoms with van der Waals surface area (Å²) in [6.45, 7) is 9.52. The quantitative estimate of drug-likeness (QED) is 0.189. The Bertz CT molecular complexity index is 200. The van der Waals surface area contributed by atoms with E-state index >= 15 is 0 Å². The van der Waals surface area contributed by atoms with Crippen LogP contribution in [0.1, 0.15) is 91.9 Å². The molecule has 0 spiro atoms. The molecule has 0 aliphatic rings. The second kappa shape index (κ2) is 17.7. The van der Waals surface area contributed by atoms with Crippen LogP contribution in [0.15, 0.2) is 0 Å². The Kier molecular flexibility index (Phi) is 18.5. The van der Waals surface area contributed by atoms with Gasteiger partial charge < -0.3 is 0 Å². The van der Waals surface area contributed by atoms with Crippen LogP contribution in [0.3, 0.4) is 0 Å². The van der Waals surface area contributed by atoms with Gasteiger partial charge in [0, 0.05) is 0 Å². The van der Waals surface area contributed by atoms with Crippen LogP contribution in [-0.4, -0.2) is 37.9 Å². The lowest BCUT2D eigenvalue weighted by Gasteiger charge is -2.36. The van der Waals surface area contributed by atoms with E-state index < -0.39 is 0 Å². The van der Waals surface area contributed by atoms with E-state index in [-0.39, 0.29) is 0 Å². The maximum Gasteiger partial charge on any atom is 0.101 e. The zero-order valence-corrected chi connectivity index (χ0v) is 18.9. The predicted octanol–water partition coefficient (Wildman–Crippen LogP) is 7.31. The molecule has 0 aromatic rings. The van der Waals surface area contributed by atoms with Crippen molar-refractivity contribution in [3.8, 4) is 0 Å². The zero-order valence-electron chi connectivity index (χ0n) is 17.1. The Balaban J connectivity index is 4.97. The lowest BCUT2D eigenvalue weighted by Crippen LogP contribution is -2.13. The van der Waals surface area contributed by atoms with Crippen molar-refractivity contribution in [2.45, 2.75) is 104 Å². The zero-order chi connectivity index (χ0) is 17.3. The summed E-state index contributed by atoms with van der Waals surface area (Å²) < 4.78 is 0. The molecule has 0 aromatic heterocycles. The first-order valence-corrected chi connectivity index (χ1v) is 14.3. The van der Waals surface area contributed by atoms with E-state index in [1.54, 1.807) is 31.1 Å².